The van der Waals surface area contributed by atoms with Gasteiger partial charge >= 0.3 is 0 Å². The van der Waals surface area contributed by atoms with Gasteiger partial charge in [-0.25, -0.2) is 8.42 Å². The number of nitrogens with zero attached hydrogens (tertiary/aromatic N) is 2. The van der Waals surface area contributed by atoms with E-state index in [1.165, 1.54) is 0 Å². The Morgan fingerprint density at radius 2 is 1.83 bits per heavy atom. The van der Waals surface area contributed by atoms with E-state index < -0.39 is 10.0 Å². The summed E-state index contributed by atoms with van der Waals surface area (Å²) in [5, 5.41) is 0. The molecule has 0 fully saturated rings. The Morgan fingerprint density at radius 3 is 2.39 bits per heavy atom. The molecule has 0 unspecified atom stereocenters. The first-order valence-electron chi connectivity index (χ1n) is 8.27. The van der Waals surface area contributed by atoms with Gasteiger partial charge in [0.05, 0.1) is 4.90 Å². The van der Waals surface area contributed by atoms with Crippen molar-refractivity contribution in [3.63, 3.8) is 0 Å². The minimum Gasteiger partial charge on any atom is -0.338 e. The molecule has 1 amide bonds. The number of fused-ring (bicyclic) bond motifs is 1. The second kappa shape index (κ2) is 7.45. The number of sulfonamides is 1. The monoisotopic (exact) mass is 338 g/mol. The third-order valence-electron chi connectivity index (χ3n) is 4.22. The molecular formula is C17H26N2O3S. The second-order valence-corrected chi connectivity index (χ2v) is 7.96. The third-order valence-corrected chi connectivity index (χ3v) is 6.11. The highest BCUT2D eigenvalue weighted by Crippen LogP contribution is 2.24. The summed E-state index contributed by atoms with van der Waals surface area (Å²) in [5.74, 6) is 0.0301. The van der Waals surface area contributed by atoms with Crippen LogP contribution in [0.25, 0.3) is 0 Å². The molecule has 0 atom stereocenters. The zero-order chi connectivity index (χ0) is 17.0. The van der Waals surface area contributed by atoms with Crippen molar-refractivity contribution in [1.29, 1.82) is 0 Å². The van der Waals surface area contributed by atoms with Gasteiger partial charge in [-0.15, -0.1) is 0 Å². The maximum atomic E-state index is 12.9. The first kappa shape index (κ1) is 17.9. The molecule has 6 heteroatoms. The zero-order valence-corrected chi connectivity index (χ0v) is 15.0. The van der Waals surface area contributed by atoms with Gasteiger partial charge in [0.15, 0.2) is 0 Å². The Morgan fingerprint density at radius 1 is 1.17 bits per heavy atom. The van der Waals surface area contributed by atoms with E-state index in [-0.39, 0.29) is 5.91 Å². The van der Waals surface area contributed by atoms with Crippen LogP contribution in [0.1, 0.15) is 44.7 Å². The molecule has 1 aromatic carbocycles. The summed E-state index contributed by atoms with van der Waals surface area (Å²) in [6.07, 6.45) is 2.37. The average molecular weight is 338 g/mol. The Hall–Kier alpha value is -1.40. The van der Waals surface area contributed by atoms with Gasteiger partial charge in [0.25, 0.3) is 0 Å². The largest absolute Gasteiger partial charge is 0.338 e. The molecule has 0 N–H and O–H groups in total. The Balaban J connectivity index is 2.33. The lowest BCUT2D eigenvalue weighted by Crippen LogP contribution is -2.35. The zero-order valence-electron chi connectivity index (χ0n) is 14.2. The molecule has 1 aliphatic rings. The molecule has 5 nitrogen and oxygen atoms in total. The molecule has 0 aliphatic carbocycles. The van der Waals surface area contributed by atoms with Crippen molar-refractivity contribution < 1.29 is 13.2 Å². The summed E-state index contributed by atoms with van der Waals surface area (Å²) >= 11 is 0. The van der Waals surface area contributed by atoms with E-state index in [0.29, 0.717) is 31.1 Å². The fourth-order valence-electron chi connectivity index (χ4n) is 2.96. The van der Waals surface area contributed by atoms with E-state index >= 15 is 0 Å². The molecular weight excluding hydrogens is 312 g/mol. The predicted octanol–water partition coefficient (Wildman–Crippen LogP) is 2.40. The summed E-state index contributed by atoms with van der Waals surface area (Å²) < 4.78 is 27.3. The number of benzene rings is 1. The maximum Gasteiger partial charge on any atom is 0.243 e. The third kappa shape index (κ3) is 3.93. The van der Waals surface area contributed by atoms with Crippen molar-refractivity contribution in [3.8, 4) is 0 Å². The maximum absolute atomic E-state index is 12.9. The Labute approximate surface area is 139 Å². The summed E-state index contributed by atoms with van der Waals surface area (Å²) in [4.78, 5) is 13.7. The second-order valence-electron chi connectivity index (χ2n) is 6.03. The fourth-order valence-corrected chi connectivity index (χ4v) is 4.64. The Kier molecular flexibility index (Phi) is 5.81. The molecule has 0 aromatic heterocycles. The van der Waals surface area contributed by atoms with Crippen LogP contribution < -0.4 is 0 Å². The highest BCUT2D eigenvalue weighted by molar-refractivity contribution is 7.89. The summed E-state index contributed by atoms with van der Waals surface area (Å²) in [6.45, 7) is 7.78. The minimum atomic E-state index is -3.47. The number of rotatable bonds is 6. The molecule has 0 bridgehead atoms. The van der Waals surface area contributed by atoms with E-state index in [4.69, 9.17) is 0 Å². The van der Waals surface area contributed by atoms with Crippen molar-refractivity contribution in [2.45, 2.75) is 51.5 Å². The van der Waals surface area contributed by atoms with Crippen molar-refractivity contribution in [1.82, 2.24) is 9.21 Å². The lowest BCUT2D eigenvalue weighted by atomic mass is 10.00. The van der Waals surface area contributed by atoms with E-state index in [0.717, 1.165) is 30.4 Å². The average Bonchev–Trinajstić information content (AvgIpc) is 2.53. The highest BCUT2D eigenvalue weighted by Gasteiger charge is 2.25. The normalized spacial score (nSPS) is 14.9. The van der Waals surface area contributed by atoms with E-state index in [1.54, 1.807) is 28.3 Å². The van der Waals surface area contributed by atoms with Gasteiger partial charge in [-0.2, -0.15) is 4.31 Å². The molecule has 128 valence electrons. The lowest BCUT2D eigenvalue weighted by molar-refractivity contribution is -0.129. The molecule has 1 aromatic rings. The molecule has 2 rings (SSSR count). The topological polar surface area (TPSA) is 57.7 Å². The molecule has 0 spiro atoms. The van der Waals surface area contributed by atoms with Gasteiger partial charge in [-0.05, 0) is 42.5 Å². The van der Waals surface area contributed by atoms with Crippen LogP contribution in [0.4, 0.5) is 0 Å². The molecule has 23 heavy (non-hydrogen) atoms. The number of carbonyl (C=O) groups excluding carboxylic acids is 1. The van der Waals surface area contributed by atoms with Crippen molar-refractivity contribution >= 4 is 15.9 Å². The smallest absolute Gasteiger partial charge is 0.243 e. The molecule has 0 saturated carbocycles. The molecule has 1 heterocycles. The standard InChI is InChI=1S/C17H26N2O3S/c1-4-9-19(10-5-2)23(21,22)17-7-6-15-8-11-18(14(3)20)13-16(15)12-17/h6-7,12H,4-5,8-11,13H2,1-3H3. The number of hydrogen-bond donors (Lipinski definition) is 0. The molecule has 1 aliphatic heterocycles. The van der Waals surface area contributed by atoms with Crippen LogP contribution in [0.5, 0.6) is 0 Å². The van der Waals surface area contributed by atoms with Crippen molar-refractivity contribution in [2.24, 2.45) is 0 Å². The quantitative estimate of drug-likeness (QED) is 0.800. The fraction of sp³-hybridized carbons (Fsp3) is 0.588. The van der Waals surface area contributed by atoms with Crippen LogP contribution in [-0.2, 0) is 27.8 Å². The van der Waals surface area contributed by atoms with Crippen LogP contribution in [0.2, 0.25) is 0 Å². The number of hydrogen-bond acceptors (Lipinski definition) is 3. The molecule has 0 saturated heterocycles. The van der Waals surface area contributed by atoms with E-state index in [1.807, 2.05) is 19.9 Å². The van der Waals surface area contributed by atoms with Crippen LogP contribution in [-0.4, -0.2) is 43.2 Å². The summed E-state index contributed by atoms with van der Waals surface area (Å²) in [7, 11) is -3.47. The summed E-state index contributed by atoms with van der Waals surface area (Å²) in [6, 6.07) is 5.35. The summed E-state index contributed by atoms with van der Waals surface area (Å²) in [5.41, 5.74) is 2.08. The number of amides is 1. The van der Waals surface area contributed by atoms with Gasteiger partial charge in [0.2, 0.25) is 15.9 Å². The SMILES string of the molecule is CCCN(CCC)S(=O)(=O)c1ccc2c(c1)CN(C(C)=O)CC2. The van der Waals surface area contributed by atoms with E-state index in [9.17, 15) is 13.2 Å². The first-order chi connectivity index (χ1) is 10.9. The van der Waals surface area contributed by atoms with Gasteiger partial charge < -0.3 is 4.90 Å². The minimum absolute atomic E-state index is 0.0301. The van der Waals surface area contributed by atoms with Gasteiger partial charge in [-0.3, -0.25) is 4.79 Å². The Bertz CT molecular complexity index is 664. The van der Waals surface area contributed by atoms with Gasteiger partial charge in [-0.1, -0.05) is 19.9 Å². The van der Waals surface area contributed by atoms with Crippen LogP contribution >= 0.6 is 0 Å². The predicted molar refractivity (Wildman–Crippen MR) is 90.6 cm³/mol. The first-order valence-corrected chi connectivity index (χ1v) is 9.71. The van der Waals surface area contributed by atoms with Crippen molar-refractivity contribution in [2.75, 3.05) is 19.6 Å². The van der Waals surface area contributed by atoms with Crippen LogP contribution in [0.15, 0.2) is 23.1 Å². The molecule has 0 radical (unpaired) electrons. The van der Waals surface area contributed by atoms with Gasteiger partial charge in [0, 0.05) is 33.1 Å². The number of carbonyl (C=O) groups is 1. The van der Waals surface area contributed by atoms with Crippen LogP contribution in [0.3, 0.4) is 0 Å². The van der Waals surface area contributed by atoms with Crippen LogP contribution in [0, 0.1) is 0 Å². The highest BCUT2D eigenvalue weighted by atomic mass is 32.2. The van der Waals surface area contributed by atoms with Gasteiger partial charge in [0.1, 0.15) is 0 Å². The lowest BCUT2D eigenvalue weighted by Gasteiger charge is -2.29. The van der Waals surface area contributed by atoms with E-state index in [2.05, 4.69) is 0 Å². The van der Waals surface area contributed by atoms with Crippen molar-refractivity contribution in [3.05, 3.63) is 29.3 Å².